The lowest BCUT2D eigenvalue weighted by molar-refractivity contribution is 0.0950. The maximum Gasteiger partial charge on any atom is 0.259 e. The number of ether oxygens (including phenoxy) is 2. The van der Waals surface area contributed by atoms with E-state index in [1.165, 1.54) is 35.2 Å². The molecule has 0 unspecified atom stereocenters. The van der Waals surface area contributed by atoms with E-state index in [-0.39, 0.29) is 33.2 Å². The molecule has 8 nitrogen and oxygen atoms in total. The molecule has 0 aliphatic carbocycles. The van der Waals surface area contributed by atoms with E-state index in [9.17, 15) is 18.0 Å². The molecule has 222 valence electrons. The van der Waals surface area contributed by atoms with Gasteiger partial charge in [0.1, 0.15) is 0 Å². The number of rotatable bonds is 10. The van der Waals surface area contributed by atoms with Gasteiger partial charge in [-0.15, -0.1) is 0 Å². The number of hydrogen-bond acceptors (Lipinski definition) is 6. The standard InChI is InChI=1S/C33H31ClN2O6S/c1-3-41-28-14-12-22(19-29(28)42-4-2)16-17-35-32(37)24-13-15-31-27(20-24)36(21-23-8-7-9-25(34)18-23)33(38)26-10-5-6-11-30(26)43(31,39)40/h5-15,18-20H,3-4,16-17,21H2,1-2H3,(H,35,37). The molecule has 10 heteroatoms. The topological polar surface area (TPSA) is 102 Å². The zero-order valence-corrected chi connectivity index (χ0v) is 25.4. The molecule has 0 radical (unpaired) electrons. The van der Waals surface area contributed by atoms with E-state index in [1.807, 2.05) is 32.0 Å². The van der Waals surface area contributed by atoms with Gasteiger partial charge in [0.05, 0.1) is 40.8 Å². The number of carbonyl (C=O) groups is 2. The van der Waals surface area contributed by atoms with Gasteiger partial charge in [-0.3, -0.25) is 9.59 Å². The number of nitrogens with one attached hydrogen (secondary N) is 1. The fraction of sp³-hybridized carbons (Fsp3) is 0.212. The molecule has 0 bridgehead atoms. The van der Waals surface area contributed by atoms with E-state index in [2.05, 4.69) is 5.32 Å². The number of halogens is 1. The minimum Gasteiger partial charge on any atom is -0.490 e. The van der Waals surface area contributed by atoms with Crippen LogP contribution < -0.4 is 19.7 Å². The summed E-state index contributed by atoms with van der Waals surface area (Å²) in [6, 6.07) is 23.1. The van der Waals surface area contributed by atoms with Gasteiger partial charge in [0.15, 0.2) is 11.5 Å². The first-order valence-corrected chi connectivity index (χ1v) is 15.8. The largest absolute Gasteiger partial charge is 0.490 e. The van der Waals surface area contributed by atoms with Gasteiger partial charge in [-0.25, -0.2) is 8.42 Å². The number of carbonyl (C=O) groups excluding carboxylic acids is 2. The van der Waals surface area contributed by atoms with Crippen LogP contribution in [0.3, 0.4) is 0 Å². The third-order valence-electron chi connectivity index (χ3n) is 6.99. The quantitative estimate of drug-likeness (QED) is 0.230. The van der Waals surface area contributed by atoms with Crippen LogP contribution in [0.4, 0.5) is 5.69 Å². The summed E-state index contributed by atoms with van der Waals surface area (Å²) < 4.78 is 38.8. The Labute approximate surface area is 256 Å². The lowest BCUT2D eigenvalue weighted by Gasteiger charge is -2.23. The Bertz CT molecular complexity index is 1790. The fourth-order valence-corrected chi connectivity index (χ4v) is 6.84. The first-order chi connectivity index (χ1) is 20.7. The highest BCUT2D eigenvalue weighted by molar-refractivity contribution is 7.91. The molecule has 1 aliphatic rings. The minimum absolute atomic E-state index is 0.0535. The van der Waals surface area contributed by atoms with Gasteiger partial charge >= 0.3 is 0 Å². The molecule has 43 heavy (non-hydrogen) atoms. The maximum atomic E-state index is 13.8. The Hall–Kier alpha value is -4.34. The van der Waals surface area contributed by atoms with E-state index < -0.39 is 21.7 Å². The summed E-state index contributed by atoms with van der Waals surface area (Å²) in [7, 11) is -4.06. The Kier molecular flexibility index (Phi) is 9.03. The second kappa shape index (κ2) is 12.9. The molecule has 4 aromatic carbocycles. The van der Waals surface area contributed by atoms with Gasteiger partial charge in [0.25, 0.3) is 11.8 Å². The van der Waals surface area contributed by atoms with Gasteiger partial charge < -0.3 is 19.7 Å². The first kappa shape index (κ1) is 30.1. The van der Waals surface area contributed by atoms with Crippen LogP contribution in [-0.2, 0) is 22.8 Å². The normalized spacial score (nSPS) is 13.5. The number of sulfone groups is 1. The summed E-state index contributed by atoms with van der Waals surface area (Å²) in [5, 5.41) is 3.39. The Morgan fingerprint density at radius 3 is 2.37 bits per heavy atom. The van der Waals surface area contributed by atoms with Crippen LogP contribution in [0, 0.1) is 0 Å². The van der Waals surface area contributed by atoms with Gasteiger partial charge in [0, 0.05) is 17.1 Å². The molecule has 5 rings (SSSR count). The number of amides is 2. The van der Waals surface area contributed by atoms with Crippen molar-refractivity contribution < 1.29 is 27.5 Å². The third kappa shape index (κ3) is 6.38. The second-order valence-electron chi connectivity index (χ2n) is 9.86. The van der Waals surface area contributed by atoms with Crippen molar-refractivity contribution in [3.63, 3.8) is 0 Å². The van der Waals surface area contributed by atoms with Crippen molar-refractivity contribution in [2.75, 3.05) is 24.7 Å². The second-order valence-corrected chi connectivity index (χ2v) is 12.2. The molecule has 1 aliphatic heterocycles. The highest BCUT2D eigenvalue weighted by Gasteiger charge is 2.36. The first-order valence-electron chi connectivity index (χ1n) is 13.9. The van der Waals surface area contributed by atoms with Crippen LogP contribution in [0.25, 0.3) is 0 Å². The van der Waals surface area contributed by atoms with E-state index in [0.717, 1.165) is 5.56 Å². The number of fused-ring (bicyclic) bond motifs is 2. The van der Waals surface area contributed by atoms with Crippen LogP contribution >= 0.6 is 11.6 Å². The predicted octanol–water partition coefficient (Wildman–Crippen LogP) is 6.10. The Morgan fingerprint density at radius 1 is 0.837 bits per heavy atom. The Balaban J connectivity index is 1.43. The lowest BCUT2D eigenvalue weighted by Crippen LogP contribution is -2.31. The molecule has 0 saturated heterocycles. The highest BCUT2D eigenvalue weighted by atomic mass is 35.5. The smallest absolute Gasteiger partial charge is 0.259 e. The predicted molar refractivity (Wildman–Crippen MR) is 165 cm³/mol. The molecule has 2 amide bonds. The zero-order valence-electron chi connectivity index (χ0n) is 23.8. The van der Waals surface area contributed by atoms with Gasteiger partial charge in [-0.2, -0.15) is 0 Å². The summed E-state index contributed by atoms with van der Waals surface area (Å²) >= 11 is 6.20. The molecule has 0 aromatic heterocycles. The van der Waals surface area contributed by atoms with Gasteiger partial charge in [-0.1, -0.05) is 41.9 Å². The monoisotopic (exact) mass is 618 g/mol. The van der Waals surface area contributed by atoms with Crippen LogP contribution in [-0.4, -0.2) is 40.0 Å². The molecule has 0 atom stereocenters. The van der Waals surface area contributed by atoms with Gasteiger partial charge in [0.2, 0.25) is 9.84 Å². The molecular weight excluding hydrogens is 588 g/mol. The number of nitrogens with zero attached hydrogens (tertiary/aromatic N) is 1. The number of anilines is 1. The fourth-order valence-electron chi connectivity index (χ4n) is 5.00. The molecule has 1 heterocycles. The molecule has 4 aromatic rings. The van der Waals surface area contributed by atoms with E-state index in [1.54, 1.807) is 36.4 Å². The lowest BCUT2D eigenvalue weighted by atomic mass is 10.1. The summed E-state index contributed by atoms with van der Waals surface area (Å²) in [4.78, 5) is 28.4. The van der Waals surface area contributed by atoms with Crippen LogP contribution in [0.2, 0.25) is 5.02 Å². The van der Waals surface area contributed by atoms with Crippen LogP contribution in [0.5, 0.6) is 11.5 Å². The summed E-state index contributed by atoms with van der Waals surface area (Å²) in [5.74, 6) is 0.422. The van der Waals surface area contributed by atoms with Crippen molar-refractivity contribution in [2.45, 2.75) is 36.6 Å². The van der Waals surface area contributed by atoms with Crippen LogP contribution in [0.15, 0.2) is 94.7 Å². The summed E-state index contributed by atoms with van der Waals surface area (Å²) in [6.07, 6.45) is 0.534. The third-order valence-corrected chi connectivity index (χ3v) is 9.08. The van der Waals surface area contributed by atoms with E-state index in [4.69, 9.17) is 21.1 Å². The number of hydrogen-bond donors (Lipinski definition) is 1. The van der Waals surface area contributed by atoms with Crippen molar-refractivity contribution in [3.8, 4) is 11.5 Å². The molecular formula is C33H31ClN2O6S. The average molecular weight is 619 g/mol. The summed E-state index contributed by atoms with van der Waals surface area (Å²) in [6.45, 7) is 5.20. The summed E-state index contributed by atoms with van der Waals surface area (Å²) in [5.41, 5.74) is 2.08. The minimum atomic E-state index is -4.06. The van der Waals surface area contributed by atoms with Crippen LogP contribution in [0.1, 0.15) is 45.7 Å². The highest BCUT2D eigenvalue weighted by Crippen LogP contribution is 2.38. The van der Waals surface area contributed by atoms with E-state index in [0.29, 0.717) is 48.3 Å². The zero-order chi connectivity index (χ0) is 30.6. The molecule has 0 fully saturated rings. The maximum absolute atomic E-state index is 13.8. The number of benzene rings is 4. The van der Waals surface area contributed by atoms with Crippen molar-refractivity contribution in [1.29, 1.82) is 0 Å². The van der Waals surface area contributed by atoms with E-state index >= 15 is 0 Å². The molecule has 0 saturated carbocycles. The van der Waals surface area contributed by atoms with Crippen molar-refractivity contribution in [3.05, 3.63) is 112 Å². The van der Waals surface area contributed by atoms with Gasteiger partial charge in [-0.05, 0) is 86.0 Å². The van der Waals surface area contributed by atoms with Crippen molar-refractivity contribution >= 4 is 38.9 Å². The molecule has 1 N–H and O–H groups in total. The SMILES string of the molecule is CCOc1ccc(CCNC(=O)c2ccc3c(c2)N(Cc2cccc(Cl)c2)C(=O)c2ccccc2S3(=O)=O)cc1OCC. The average Bonchev–Trinajstić information content (AvgIpc) is 3.06. The molecule has 0 spiro atoms. The van der Waals surface area contributed by atoms with Crippen molar-refractivity contribution in [2.24, 2.45) is 0 Å². The van der Waals surface area contributed by atoms with Crippen molar-refractivity contribution in [1.82, 2.24) is 5.32 Å². The Morgan fingerprint density at radius 2 is 1.60 bits per heavy atom.